The van der Waals surface area contributed by atoms with Crippen LogP contribution in [0.15, 0.2) is 11.1 Å². The second-order valence-electron chi connectivity index (χ2n) is 7.42. The first-order chi connectivity index (χ1) is 10.7. The highest BCUT2D eigenvalue weighted by atomic mass is 32.2. The van der Waals surface area contributed by atoms with Gasteiger partial charge in [0.1, 0.15) is 4.90 Å². The van der Waals surface area contributed by atoms with Gasteiger partial charge in [-0.3, -0.25) is 4.68 Å². The number of rotatable bonds is 6. The molecular weight excluding hydrogens is 310 g/mol. The first-order valence-corrected chi connectivity index (χ1v) is 10.2. The number of hydrogen-bond donors (Lipinski definition) is 1. The van der Waals surface area contributed by atoms with Crippen LogP contribution in [0, 0.1) is 18.3 Å². The SMILES string of the molecule is CCn1ncc(S(=O)(=O)NC2CCC(C(C)(C)CC)CC2)c1C. The highest BCUT2D eigenvalue weighted by molar-refractivity contribution is 7.89. The van der Waals surface area contributed by atoms with Gasteiger partial charge in [0.05, 0.1) is 11.9 Å². The Labute approximate surface area is 140 Å². The zero-order chi connectivity index (χ0) is 17.3. The lowest BCUT2D eigenvalue weighted by Crippen LogP contribution is -2.40. The zero-order valence-corrected chi connectivity index (χ0v) is 15.9. The van der Waals surface area contributed by atoms with Crippen LogP contribution in [0.25, 0.3) is 0 Å². The molecule has 1 saturated carbocycles. The van der Waals surface area contributed by atoms with Crippen molar-refractivity contribution in [1.82, 2.24) is 14.5 Å². The average molecular weight is 342 g/mol. The molecule has 5 nitrogen and oxygen atoms in total. The van der Waals surface area contributed by atoms with Gasteiger partial charge in [-0.15, -0.1) is 0 Å². The molecule has 0 amide bonds. The highest BCUT2D eigenvalue weighted by Gasteiger charge is 2.33. The maximum absolute atomic E-state index is 12.6. The average Bonchev–Trinajstić information content (AvgIpc) is 2.89. The van der Waals surface area contributed by atoms with E-state index in [9.17, 15) is 8.42 Å². The van der Waals surface area contributed by atoms with Crippen molar-refractivity contribution in [2.75, 3.05) is 0 Å². The molecule has 0 radical (unpaired) electrons. The molecule has 1 aliphatic rings. The Morgan fingerprint density at radius 2 is 1.87 bits per heavy atom. The Bertz CT molecular complexity index is 626. The number of aromatic nitrogens is 2. The lowest BCUT2D eigenvalue weighted by Gasteiger charge is -2.38. The Kier molecular flexibility index (Phi) is 5.56. The second-order valence-corrected chi connectivity index (χ2v) is 9.10. The third kappa shape index (κ3) is 3.97. The van der Waals surface area contributed by atoms with Gasteiger partial charge < -0.3 is 0 Å². The summed E-state index contributed by atoms with van der Waals surface area (Å²) in [5, 5.41) is 4.15. The number of nitrogens with one attached hydrogen (secondary N) is 1. The smallest absolute Gasteiger partial charge is 0.244 e. The minimum Gasteiger partial charge on any atom is -0.269 e. The summed E-state index contributed by atoms with van der Waals surface area (Å²) in [5.74, 6) is 0.692. The van der Waals surface area contributed by atoms with E-state index >= 15 is 0 Å². The van der Waals surface area contributed by atoms with Crippen LogP contribution in [-0.2, 0) is 16.6 Å². The molecule has 1 aromatic heterocycles. The lowest BCUT2D eigenvalue weighted by molar-refractivity contribution is 0.142. The first kappa shape index (κ1) is 18.5. The minimum absolute atomic E-state index is 0.0493. The van der Waals surface area contributed by atoms with Crippen LogP contribution in [0.4, 0.5) is 0 Å². The lowest BCUT2D eigenvalue weighted by atomic mass is 9.69. The summed E-state index contributed by atoms with van der Waals surface area (Å²) in [4.78, 5) is 0.315. The van der Waals surface area contributed by atoms with Crippen molar-refractivity contribution in [3.63, 3.8) is 0 Å². The Balaban J connectivity index is 2.02. The van der Waals surface area contributed by atoms with Crippen LogP contribution >= 0.6 is 0 Å². The quantitative estimate of drug-likeness (QED) is 0.861. The molecule has 0 saturated heterocycles. The van der Waals surface area contributed by atoms with Gasteiger partial charge >= 0.3 is 0 Å². The van der Waals surface area contributed by atoms with Gasteiger partial charge in [-0.05, 0) is 50.9 Å². The Hall–Kier alpha value is -0.880. The van der Waals surface area contributed by atoms with Gasteiger partial charge in [0.25, 0.3) is 0 Å². The topological polar surface area (TPSA) is 64.0 Å². The van der Waals surface area contributed by atoms with Crippen LogP contribution in [0.5, 0.6) is 0 Å². The molecule has 1 aliphatic carbocycles. The number of sulfonamides is 1. The summed E-state index contributed by atoms with van der Waals surface area (Å²) < 4.78 is 29.9. The van der Waals surface area contributed by atoms with Gasteiger partial charge in [-0.25, -0.2) is 13.1 Å². The molecule has 1 aromatic rings. The molecule has 1 N–H and O–H groups in total. The molecule has 1 heterocycles. The van der Waals surface area contributed by atoms with E-state index in [-0.39, 0.29) is 6.04 Å². The summed E-state index contributed by atoms with van der Waals surface area (Å²) in [7, 11) is -3.47. The number of aryl methyl sites for hydroxylation is 1. The van der Waals surface area contributed by atoms with Crippen LogP contribution in [0.1, 0.15) is 65.5 Å². The fourth-order valence-corrected chi connectivity index (χ4v) is 5.06. The van der Waals surface area contributed by atoms with E-state index in [1.54, 1.807) is 4.68 Å². The minimum atomic E-state index is -3.47. The van der Waals surface area contributed by atoms with Gasteiger partial charge in [-0.1, -0.05) is 27.2 Å². The molecule has 0 unspecified atom stereocenters. The summed E-state index contributed by atoms with van der Waals surface area (Å²) >= 11 is 0. The zero-order valence-electron chi connectivity index (χ0n) is 15.1. The van der Waals surface area contributed by atoms with E-state index < -0.39 is 10.0 Å². The largest absolute Gasteiger partial charge is 0.269 e. The summed E-state index contributed by atoms with van der Waals surface area (Å²) in [5.41, 5.74) is 1.06. The molecular formula is C17H31N3O2S. The van der Waals surface area contributed by atoms with E-state index in [1.165, 1.54) is 12.6 Å². The second kappa shape index (κ2) is 6.93. The Morgan fingerprint density at radius 1 is 1.26 bits per heavy atom. The third-order valence-electron chi connectivity index (χ3n) is 5.71. The van der Waals surface area contributed by atoms with Gasteiger partial charge in [0.15, 0.2) is 0 Å². The van der Waals surface area contributed by atoms with E-state index in [1.807, 2.05) is 13.8 Å². The fourth-order valence-electron chi connectivity index (χ4n) is 3.58. The third-order valence-corrected chi connectivity index (χ3v) is 7.34. The highest BCUT2D eigenvalue weighted by Crippen LogP contribution is 2.40. The molecule has 132 valence electrons. The van der Waals surface area contributed by atoms with Crippen LogP contribution in [-0.4, -0.2) is 24.2 Å². The van der Waals surface area contributed by atoms with E-state index in [2.05, 4.69) is 30.6 Å². The van der Waals surface area contributed by atoms with Crippen LogP contribution < -0.4 is 4.72 Å². The van der Waals surface area contributed by atoms with Crippen molar-refractivity contribution in [3.05, 3.63) is 11.9 Å². The van der Waals surface area contributed by atoms with Crippen LogP contribution in [0.3, 0.4) is 0 Å². The maximum atomic E-state index is 12.6. The maximum Gasteiger partial charge on any atom is 0.244 e. The molecule has 1 fully saturated rings. The van der Waals surface area contributed by atoms with Gasteiger partial charge in [0.2, 0.25) is 10.0 Å². The van der Waals surface area contributed by atoms with Crippen molar-refractivity contribution in [1.29, 1.82) is 0 Å². The van der Waals surface area contributed by atoms with E-state index in [0.29, 0.717) is 28.5 Å². The molecule has 0 aliphatic heterocycles. The fraction of sp³-hybridized carbons (Fsp3) is 0.824. The summed E-state index contributed by atoms with van der Waals surface area (Å²) in [6.45, 7) is 11.3. The molecule has 23 heavy (non-hydrogen) atoms. The first-order valence-electron chi connectivity index (χ1n) is 8.76. The summed E-state index contributed by atoms with van der Waals surface area (Å²) in [6.07, 6.45) is 6.68. The molecule has 2 rings (SSSR count). The normalized spacial score (nSPS) is 23.2. The van der Waals surface area contributed by atoms with Crippen molar-refractivity contribution >= 4 is 10.0 Å². The standard InChI is InChI=1S/C17H31N3O2S/c1-6-17(4,5)14-8-10-15(11-9-14)19-23(21,22)16-12-18-20(7-2)13(16)3/h12,14-15,19H,6-11H2,1-5H3. The molecule has 0 spiro atoms. The van der Waals surface area contributed by atoms with Crippen LogP contribution in [0.2, 0.25) is 0 Å². The molecule has 6 heteroatoms. The molecule has 0 bridgehead atoms. The Morgan fingerprint density at radius 3 is 2.35 bits per heavy atom. The monoisotopic (exact) mass is 341 g/mol. The predicted molar refractivity (Wildman–Crippen MR) is 92.8 cm³/mol. The number of hydrogen-bond acceptors (Lipinski definition) is 3. The van der Waals surface area contributed by atoms with E-state index in [0.717, 1.165) is 25.7 Å². The number of nitrogens with zero attached hydrogens (tertiary/aromatic N) is 2. The molecule has 0 aromatic carbocycles. The van der Waals surface area contributed by atoms with Crippen molar-refractivity contribution in [2.45, 2.75) is 84.2 Å². The van der Waals surface area contributed by atoms with Gasteiger partial charge in [0, 0.05) is 12.6 Å². The predicted octanol–water partition coefficient (Wildman–Crippen LogP) is 3.48. The van der Waals surface area contributed by atoms with Crippen molar-refractivity contribution in [2.24, 2.45) is 11.3 Å². The molecule has 0 atom stereocenters. The van der Waals surface area contributed by atoms with Gasteiger partial charge in [-0.2, -0.15) is 5.10 Å². The summed E-state index contributed by atoms with van der Waals surface area (Å²) in [6, 6.07) is 0.0493. The van der Waals surface area contributed by atoms with E-state index in [4.69, 9.17) is 0 Å². The van der Waals surface area contributed by atoms with Crippen molar-refractivity contribution < 1.29 is 8.42 Å². The van der Waals surface area contributed by atoms with Crippen molar-refractivity contribution in [3.8, 4) is 0 Å².